The molecule has 2 rings (SSSR count). The van der Waals surface area contributed by atoms with Crippen LogP contribution in [0, 0.1) is 12.3 Å². The second-order valence-electron chi connectivity index (χ2n) is 5.04. The summed E-state index contributed by atoms with van der Waals surface area (Å²) < 4.78 is 5.26. The molecule has 1 aliphatic heterocycles. The van der Waals surface area contributed by atoms with E-state index in [4.69, 9.17) is 11.2 Å². The smallest absolute Gasteiger partial charge is 0.248 e. The summed E-state index contributed by atoms with van der Waals surface area (Å²) in [6, 6.07) is 3.16. The van der Waals surface area contributed by atoms with Gasteiger partial charge in [-0.3, -0.25) is 9.59 Å². The number of nitrogens with one attached hydrogen (secondary N) is 2. The predicted molar refractivity (Wildman–Crippen MR) is 80.0 cm³/mol. The summed E-state index contributed by atoms with van der Waals surface area (Å²) in [6.45, 7) is 0.636. The van der Waals surface area contributed by atoms with Crippen molar-refractivity contribution in [2.24, 2.45) is 10.2 Å². The Bertz CT molecular complexity index is 639. The SMILES string of the molecule is C#CCCC1(CCNC(=O)COCc2cc[nH]c(=O)c2)N=N1. The van der Waals surface area contributed by atoms with Crippen LogP contribution in [0.25, 0.3) is 0 Å². The molecule has 0 radical (unpaired) electrons. The van der Waals surface area contributed by atoms with Gasteiger partial charge >= 0.3 is 0 Å². The second kappa shape index (κ2) is 7.52. The van der Waals surface area contributed by atoms with E-state index in [0.717, 1.165) is 12.0 Å². The minimum Gasteiger partial charge on any atom is -0.367 e. The van der Waals surface area contributed by atoms with Gasteiger partial charge in [0.1, 0.15) is 6.61 Å². The van der Waals surface area contributed by atoms with Crippen LogP contribution in [0.3, 0.4) is 0 Å². The van der Waals surface area contributed by atoms with E-state index in [9.17, 15) is 9.59 Å². The number of H-pyrrole nitrogens is 1. The number of aromatic nitrogens is 1. The molecule has 7 heteroatoms. The van der Waals surface area contributed by atoms with Crippen molar-refractivity contribution in [3.63, 3.8) is 0 Å². The quantitative estimate of drug-likeness (QED) is 0.665. The average Bonchev–Trinajstić information content (AvgIpc) is 3.26. The average molecular weight is 302 g/mol. The van der Waals surface area contributed by atoms with Crippen LogP contribution in [0.15, 0.2) is 33.4 Å². The molecule has 1 aromatic heterocycles. The van der Waals surface area contributed by atoms with Crippen LogP contribution in [-0.2, 0) is 16.1 Å². The Kier molecular flexibility index (Phi) is 5.44. The zero-order chi connectivity index (χ0) is 15.8. The topological polar surface area (TPSA) is 95.9 Å². The number of carbonyl (C=O) groups is 1. The summed E-state index contributed by atoms with van der Waals surface area (Å²) in [5.41, 5.74) is 0.145. The number of terminal acetylenes is 1. The molecule has 7 nitrogen and oxygen atoms in total. The lowest BCUT2D eigenvalue weighted by molar-refractivity contribution is -0.126. The largest absolute Gasteiger partial charge is 0.367 e. The molecule has 1 amide bonds. The van der Waals surface area contributed by atoms with E-state index < -0.39 is 0 Å². The van der Waals surface area contributed by atoms with Crippen molar-refractivity contribution in [3.05, 3.63) is 34.2 Å². The summed E-state index contributed by atoms with van der Waals surface area (Å²) in [4.78, 5) is 25.2. The number of nitrogens with zero attached hydrogens (tertiary/aromatic N) is 2. The van der Waals surface area contributed by atoms with Gasteiger partial charge in [-0.1, -0.05) is 0 Å². The molecule has 0 spiro atoms. The molecule has 0 saturated heterocycles. The van der Waals surface area contributed by atoms with Gasteiger partial charge in [0, 0.05) is 38.1 Å². The van der Waals surface area contributed by atoms with Gasteiger partial charge in [0.2, 0.25) is 11.5 Å². The molecule has 0 atom stereocenters. The summed E-state index contributed by atoms with van der Waals surface area (Å²) >= 11 is 0. The molecular weight excluding hydrogens is 284 g/mol. The van der Waals surface area contributed by atoms with Crippen molar-refractivity contribution in [2.75, 3.05) is 13.2 Å². The van der Waals surface area contributed by atoms with Gasteiger partial charge in [-0.15, -0.1) is 12.3 Å². The summed E-state index contributed by atoms with van der Waals surface area (Å²) in [6.07, 6.45) is 8.75. The fourth-order valence-corrected chi connectivity index (χ4v) is 1.96. The zero-order valence-electron chi connectivity index (χ0n) is 12.2. The van der Waals surface area contributed by atoms with E-state index in [2.05, 4.69) is 26.4 Å². The second-order valence-corrected chi connectivity index (χ2v) is 5.04. The van der Waals surface area contributed by atoms with Crippen molar-refractivity contribution < 1.29 is 9.53 Å². The van der Waals surface area contributed by atoms with E-state index >= 15 is 0 Å². The van der Waals surface area contributed by atoms with Crippen LogP contribution in [0.4, 0.5) is 0 Å². The van der Waals surface area contributed by atoms with E-state index in [1.165, 1.54) is 6.07 Å². The Morgan fingerprint density at radius 3 is 2.95 bits per heavy atom. The van der Waals surface area contributed by atoms with Crippen LogP contribution in [0.1, 0.15) is 24.8 Å². The third kappa shape index (κ3) is 5.14. The third-order valence-electron chi connectivity index (χ3n) is 3.24. The van der Waals surface area contributed by atoms with Crippen molar-refractivity contribution >= 4 is 5.91 Å². The molecule has 2 heterocycles. The molecule has 1 aliphatic rings. The molecule has 0 aliphatic carbocycles. The summed E-state index contributed by atoms with van der Waals surface area (Å²) in [5.74, 6) is 2.35. The molecule has 0 aromatic carbocycles. The normalized spacial score (nSPS) is 14.3. The Hall–Kier alpha value is -2.46. The monoisotopic (exact) mass is 302 g/mol. The maximum atomic E-state index is 11.6. The molecule has 0 unspecified atom stereocenters. The number of rotatable bonds is 9. The molecule has 0 saturated carbocycles. The Balaban J connectivity index is 1.59. The molecule has 116 valence electrons. The van der Waals surface area contributed by atoms with E-state index in [0.29, 0.717) is 19.4 Å². The van der Waals surface area contributed by atoms with Gasteiger partial charge in [-0.2, -0.15) is 10.2 Å². The Morgan fingerprint density at radius 1 is 1.45 bits per heavy atom. The van der Waals surface area contributed by atoms with Gasteiger partial charge in [-0.05, 0) is 11.6 Å². The Labute approximate surface area is 128 Å². The minimum absolute atomic E-state index is 0.0571. The first-order valence-electron chi connectivity index (χ1n) is 7.03. The number of ether oxygens (including phenoxy) is 1. The lowest BCUT2D eigenvalue weighted by atomic mass is 10.0. The highest BCUT2D eigenvalue weighted by atomic mass is 16.5. The first-order valence-corrected chi connectivity index (χ1v) is 7.03. The first kappa shape index (κ1) is 15.9. The minimum atomic E-state index is -0.383. The molecule has 0 bridgehead atoms. The van der Waals surface area contributed by atoms with Gasteiger partial charge in [0.25, 0.3) is 0 Å². The number of hydrogen-bond acceptors (Lipinski definition) is 5. The van der Waals surface area contributed by atoms with Crippen molar-refractivity contribution in [2.45, 2.75) is 31.5 Å². The van der Waals surface area contributed by atoms with E-state index in [1.54, 1.807) is 12.3 Å². The van der Waals surface area contributed by atoms with Crippen molar-refractivity contribution in [1.29, 1.82) is 0 Å². The molecule has 1 aromatic rings. The Morgan fingerprint density at radius 2 is 2.27 bits per heavy atom. The lowest BCUT2D eigenvalue weighted by Gasteiger charge is -2.10. The van der Waals surface area contributed by atoms with E-state index in [-0.39, 0.29) is 30.3 Å². The highest BCUT2D eigenvalue weighted by Gasteiger charge is 2.38. The zero-order valence-corrected chi connectivity index (χ0v) is 12.2. The van der Waals surface area contributed by atoms with Gasteiger partial charge < -0.3 is 15.0 Å². The number of amides is 1. The lowest BCUT2D eigenvalue weighted by Crippen LogP contribution is -2.31. The van der Waals surface area contributed by atoms with E-state index in [1.807, 2.05) is 0 Å². The number of carbonyl (C=O) groups excluding carboxylic acids is 1. The molecule has 22 heavy (non-hydrogen) atoms. The van der Waals surface area contributed by atoms with Gasteiger partial charge in [-0.25, -0.2) is 0 Å². The van der Waals surface area contributed by atoms with Crippen molar-refractivity contribution in [1.82, 2.24) is 10.3 Å². The van der Waals surface area contributed by atoms with Crippen LogP contribution in [0.2, 0.25) is 0 Å². The van der Waals surface area contributed by atoms with Crippen LogP contribution < -0.4 is 10.9 Å². The van der Waals surface area contributed by atoms with Crippen LogP contribution in [-0.4, -0.2) is 29.7 Å². The highest BCUT2D eigenvalue weighted by Crippen LogP contribution is 2.35. The molecule has 2 N–H and O–H groups in total. The number of aromatic amines is 1. The molecular formula is C15H18N4O3. The molecule has 0 fully saturated rings. The number of pyridine rings is 1. The number of hydrogen-bond donors (Lipinski definition) is 2. The first-order chi connectivity index (χ1) is 10.6. The summed E-state index contributed by atoms with van der Waals surface area (Å²) in [7, 11) is 0. The standard InChI is InChI=1S/C15H18N4O3/c1-2-3-5-15(18-19-15)6-8-17-14(21)11-22-10-12-4-7-16-13(20)9-12/h1,4,7,9H,3,5-6,8,10-11H2,(H,16,20)(H,17,21). The van der Waals surface area contributed by atoms with Crippen LogP contribution in [0.5, 0.6) is 0 Å². The fraction of sp³-hybridized carbons (Fsp3) is 0.467. The van der Waals surface area contributed by atoms with Crippen molar-refractivity contribution in [3.8, 4) is 12.3 Å². The maximum absolute atomic E-state index is 11.6. The summed E-state index contributed by atoms with van der Waals surface area (Å²) in [5, 5.41) is 10.7. The fourth-order valence-electron chi connectivity index (χ4n) is 1.96. The van der Waals surface area contributed by atoms with Gasteiger partial charge in [0.05, 0.1) is 6.61 Å². The predicted octanol–water partition coefficient (Wildman–Crippen LogP) is 0.973. The third-order valence-corrected chi connectivity index (χ3v) is 3.24. The van der Waals surface area contributed by atoms with Gasteiger partial charge in [0.15, 0.2) is 5.66 Å². The highest BCUT2D eigenvalue weighted by molar-refractivity contribution is 5.77. The maximum Gasteiger partial charge on any atom is 0.248 e. The van der Waals surface area contributed by atoms with Crippen LogP contribution >= 0.6 is 0 Å².